The molecule has 0 aromatic heterocycles. The Bertz CT molecular complexity index is 1970. The van der Waals surface area contributed by atoms with Crippen molar-refractivity contribution in [2.75, 3.05) is 0 Å². The number of aryl methyl sites for hydroxylation is 2. The Morgan fingerprint density at radius 1 is 0.542 bits per heavy atom. The summed E-state index contributed by atoms with van der Waals surface area (Å²) in [6, 6.07) is 54.4. The third kappa shape index (κ3) is 9.25. The van der Waals surface area contributed by atoms with Gasteiger partial charge in [0.25, 0.3) is 0 Å². The van der Waals surface area contributed by atoms with Gasteiger partial charge in [-0.05, 0) is 22.3 Å². The zero-order valence-electron chi connectivity index (χ0n) is 27.1. The standard InChI is InChI=1S/C25H17.C15H14.C5H5.2ClH.Ti/c1-3-7-18(8-4-1)20-11-13-22-15-23-14-12-21(17-25(23)24(22)16-20)19-9-5-2-6-10-19;1-12-3-7-14(8-4-12)11-15-9-5-13(2)6-10-15;1-2-4-5-3-1;;;/h1-17H;3-10H,1-2H3;1-3H,4H2;2*1H;/q-1;;-1;;;+2/p-2. The van der Waals surface area contributed by atoms with Crippen LogP contribution in [0.3, 0.4) is 0 Å². The van der Waals surface area contributed by atoms with Crippen LogP contribution in [0.2, 0.25) is 0 Å². The predicted molar refractivity (Wildman–Crippen MR) is 195 cm³/mol. The summed E-state index contributed by atoms with van der Waals surface area (Å²) in [7, 11) is 0. The smallest absolute Gasteiger partial charge is 0.0197 e. The molecule has 0 heterocycles. The van der Waals surface area contributed by atoms with Crippen LogP contribution in [0.4, 0.5) is 0 Å². The SMILES string of the molecule is Cc1ccc([C](=[Ti+2])c2ccc(C)cc2)cc1.[C-]1=CC=CC1.[Cl-].[Cl-].c1ccc(-c2ccc3[cH-]c4ccc(-c5ccccc5)cc4c3c2)cc1. The monoisotopic (exact) mass is 694 g/mol. The van der Waals surface area contributed by atoms with Crippen LogP contribution < -0.4 is 24.8 Å². The molecular formula is C45H36Cl2Ti-2. The first kappa shape index (κ1) is 36.7. The van der Waals surface area contributed by atoms with Crippen molar-refractivity contribution in [3.8, 4) is 22.3 Å². The molecule has 48 heavy (non-hydrogen) atoms. The normalized spacial score (nSPS) is 11.1. The predicted octanol–water partition coefficient (Wildman–Crippen LogP) is 5.78. The first-order valence-corrected chi connectivity index (χ1v) is 16.5. The molecule has 0 nitrogen and oxygen atoms in total. The van der Waals surface area contributed by atoms with Crippen LogP contribution in [0.25, 0.3) is 43.8 Å². The topological polar surface area (TPSA) is 0 Å². The summed E-state index contributed by atoms with van der Waals surface area (Å²) in [4.78, 5) is 0. The van der Waals surface area contributed by atoms with E-state index in [0.29, 0.717) is 0 Å². The minimum Gasteiger partial charge on any atom is -1.00 e. The number of benzene rings is 6. The first-order chi connectivity index (χ1) is 22.5. The molecule has 0 spiro atoms. The molecule has 1 aliphatic carbocycles. The maximum absolute atomic E-state index is 2.99. The fourth-order valence-corrected chi connectivity index (χ4v) is 6.09. The van der Waals surface area contributed by atoms with Crippen molar-refractivity contribution in [3.63, 3.8) is 0 Å². The van der Waals surface area contributed by atoms with Gasteiger partial charge in [-0.2, -0.15) is 6.08 Å². The molecule has 1 aliphatic rings. The number of halogens is 2. The van der Waals surface area contributed by atoms with Gasteiger partial charge in [0.1, 0.15) is 0 Å². The summed E-state index contributed by atoms with van der Waals surface area (Å²) in [5.41, 5.74) is 10.3. The Labute approximate surface area is 309 Å². The summed E-state index contributed by atoms with van der Waals surface area (Å²) >= 11 is 2.18. The van der Waals surface area contributed by atoms with Gasteiger partial charge in [-0.3, -0.25) is 6.08 Å². The van der Waals surface area contributed by atoms with E-state index in [0.717, 1.165) is 6.42 Å². The molecule has 0 saturated carbocycles. The molecule has 236 valence electrons. The summed E-state index contributed by atoms with van der Waals surface area (Å²) in [6.07, 6.45) is 10.0. The summed E-state index contributed by atoms with van der Waals surface area (Å²) in [5, 5.41) is 5.27. The van der Waals surface area contributed by atoms with E-state index in [-0.39, 0.29) is 24.8 Å². The second-order valence-electron chi connectivity index (χ2n) is 11.6. The van der Waals surface area contributed by atoms with E-state index >= 15 is 0 Å². The van der Waals surface area contributed by atoms with Gasteiger partial charge in [-0.25, -0.2) is 12.2 Å². The molecule has 3 heteroatoms. The Kier molecular flexibility index (Phi) is 13.6. The molecule has 8 rings (SSSR count). The van der Waals surface area contributed by atoms with E-state index in [1.807, 2.05) is 12.2 Å². The second-order valence-corrected chi connectivity index (χ2v) is 12.4. The minimum absolute atomic E-state index is 0. The zero-order valence-corrected chi connectivity index (χ0v) is 30.2. The molecule has 7 aromatic carbocycles. The van der Waals surface area contributed by atoms with E-state index in [2.05, 4.69) is 198 Å². The average molecular weight is 696 g/mol. The van der Waals surface area contributed by atoms with Crippen molar-refractivity contribution in [2.24, 2.45) is 0 Å². The third-order valence-electron chi connectivity index (χ3n) is 8.19. The van der Waals surface area contributed by atoms with Crippen LogP contribution in [-0.2, 0) is 20.0 Å². The fourth-order valence-electron chi connectivity index (χ4n) is 5.57. The number of hydrogen-bond donors (Lipinski definition) is 0. The van der Waals surface area contributed by atoms with Gasteiger partial charge in [0.05, 0.1) is 0 Å². The molecule has 0 atom stereocenters. The molecule has 0 N–H and O–H groups in total. The number of rotatable bonds is 4. The van der Waals surface area contributed by atoms with Gasteiger partial charge in [0.2, 0.25) is 0 Å². The van der Waals surface area contributed by atoms with Gasteiger partial charge < -0.3 is 24.8 Å². The molecular weight excluding hydrogens is 659 g/mol. The van der Waals surface area contributed by atoms with Crippen molar-refractivity contribution in [2.45, 2.75) is 20.3 Å². The Morgan fingerprint density at radius 2 is 0.979 bits per heavy atom. The molecule has 0 amide bonds. The number of allylic oxidation sites excluding steroid dienone is 4. The van der Waals surface area contributed by atoms with Crippen molar-refractivity contribution in [1.82, 2.24) is 0 Å². The van der Waals surface area contributed by atoms with Crippen LogP contribution in [0.1, 0.15) is 28.7 Å². The van der Waals surface area contributed by atoms with Crippen molar-refractivity contribution in [1.29, 1.82) is 0 Å². The average Bonchev–Trinajstić information content (AvgIpc) is 3.82. The minimum atomic E-state index is 0. The zero-order chi connectivity index (χ0) is 31.7. The molecule has 0 fully saturated rings. The van der Waals surface area contributed by atoms with Crippen molar-refractivity contribution >= 4 is 25.4 Å². The molecule has 0 saturated heterocycles. The van der Waals surface area contributed by atoms with Gasteiger partial charge >= 0.3 is 108 Å². The summed E-state index contributed by atoms with van der Waals surface area (Å²) in [6.45, 7) is 4.23. The van der Waals surface area contributed by atoms with Gasteiger partial charge in [-0.15, -0.1) is 46.2 Å². The number of hydrogen-bond acceptors (Lipinski definition) is 0. The van der Waals surface area contributed by atoms with Crippen molar-refractivity contribution in [3.05, 3.63) is 198 Å². The third-order valence-corrected chi connectivity index (χ3v) is 9.09. The van der Waals surface area contributed by atoms with E-state index in [1.54, 1.807) is 0 Å². The maximum Gasteiger partial charge on any atom is -0.0197 e. The Hall–Kier alpha value is -4.17. The van der Waals surface area contributed by atoms with Gasteiger partial charge in [-0.1, -0.05) is 84.9 Å². The summed E-state index contributed by atoms with van der Waals surface area (Å²) < 4.78 is 1.33. The van der Waals surface area contributed by atoms with Gasteiger partial charge in [0.15, 0.2) is 0 Å². The molecule has 0 aliphatic heterocycles. The summed E-state index contributed by atoms with van der Waals surface area (Å²) in [5.74, 6) is 0. The molecule has 0 bridgehead atoms. The van der Waals surface area contributed by atoms with E-state index in [1.165, 1.54) is 69.9 Å². The van der Waals surface area contributed by atoms with E-state index in [9.17, 15) is 0 Å². The second kappa shape index (κ2) is 17.8. The van der Waals surface area contributed by atoms with Gasteiger partial charge in [0, 0.05) is 0 Å². The molecule has 7 aromatic rings. The largest absolute Gasteiger partial charge is 1.00 e. The molecule has 0 unspecified atom stereocenters. The van der Waals surface area contributed by atoms with Crippen molar-refractivity contribution < 1.29 is 44.8 Å². The molecule has 0 radical (unpaired) electrons. The Balaban J connectivity index is 0.000000195. The van der Waals surface area contributed by atoms with Crippen LogP contribution >= 0.6 is 0 Å². The fraction of sp³-hybridized carbons (Fsp3) is 0.0667. The van der Waals surface area contributed by atoms with Crippen LogP contribution in [0, 0.1) is 19.9 Å². The first-order valence-electron chi connectivity index (χ1n) is 15.7. The quantitative estimate of drug-likeness (QED) is 0.162. The van der Waals surface area contributed by atoms with Crippen LogP contribution in [-0.4, -0.2) is 3.81 Å². The van der Waals surface area contributed by atoms with E-state index < -0.39 is 0 Å². The Morgan fingerprint density at radius 3 is 1.33 bits per heavy atom. The van der Waals surface area contributed by atoms with Crippen LogP contribution in [0.5, 0.6) is 0 Å². The van der Waals surface area contributed by atoms with E-state index in [4.69, 9.17) is 0 Å². The number of fused-ring (bicyclic) bond motifs is 3. The maximum atomic E-state index is 2.99. The van der Waals surface area contributed by atoms with Crippen LogP contribution in [0.15, 0.2) is 170 Å².